The van der Waals surface area contributed by atoms with Gasteiger partial charge in [0.2, 0.25) is 0 Å². The molecule has 2 N–H and O–H groups in total. The predicted octanol–water partition coefficient (Wildman–Crippen LogP) is 4.25. The van der Waals surface area contributed by atoms with Crippen molar-refractivity contribution < 1.29 is 9.59 Å². The third kappa shape index (κ3) is 4.30. The van der Waals surface area contributed by atoms with Crippen molar-refractivity contribution in [2.24, 2.45) is 5.10 Å². The molecule has 0 bridgehead atoms. The monoisotopic (exact) mass is 438 g/mol. The first-order valence-corrected chi connectivity index (χ1v) is 9.83. The molecule has 30 heavy (non-hydrogen) atoms. The standard InChI is InChI=1S/C22H16Cl2N4O2/c23-17-8-3-6-14(11-17)21(29)26-25-20-19-10-2-1-5-16(19)13-28(20)27-22(30)15-7-4-9-18(24)12-15/h1-12H,13H2,(H,26,29)(H,27,30)/b25-20-. The largest absolute Gasteiger partial charge is 0.271 e. The summed E-state index contributed by atoms with van der Waals surface area (Å²) in [4.78, 5) is 25.1. The van der Waals surface area contributed by atoms with Crippen LogP contribution in [-0.2, 0) is 6.54 Å². The predicted molar refractivity (Wildman–Crippen MR) is 116 cm³/mol. The Bertz CT molecular complexity index is 1160. The van der Waals surface area contributed by atoms with Crippen LogP contribution in [0.15, 0.2) is 77.9 Å². The van der Waals surface area contributed by atoms with Crippen LogP contribution in [0.4, 0.5) is 0 Å². The molecule has 0 aromatic heterocycles. The van der Waals surface area contributed by atoms with Gasteiger partial charge in [0.15, 0.2) is 5.84 Å². The maximum absolute atomic E-state index is 12.7. The molecule has 0 spiro atoms. The first-order valence-electron chi connectivity index (χ1n) is 9.07. The van der Waals surface area contributed by atoms with Gasteiger partial charge in [-0.05, 0) is 42.0 Å². The zero-order valence-corrected chi connectivity index (χ0v) is 17.1. The molecule has 1 aliphatic rings. The highest BCUT2D eigenvalue weighted by molar-refractivity contribution is 6.31. The number of amidine groups is 1. The van der Waals surface area contributed by atoms with Crippen LogP contribution < -0.4 is 10.9 Å². The molecule has 6 nitrogen and oxygen atoms in total. The highest BCUT2D eigenvalue weighted by Gasteiger charge is 2.27. The molecular formula is C22H16Cl2N4O2. The van der Waals surface area contributed by atoms with E-state index in [1.54, 1.807) is 53.5 Å². The van der Waals surface area contributed by atoms with Crippen LogP contribution in [0.3, 0.4) is 0 Å². The van der Waals surface area contributed by atoms with Crippen LogP contribution in [0, 0.1) is 0 Å². The summed E-state index contributed by atoms with van der Waals surface area (Å²) in [6.45, 7) is 0.411. The Morgan fingerprint density at radius 2 is 1.47 bits per heavy atom. The summed E-state index contributed by atoms with van der Waals surface area (Å²) in [5, 5.41) is 6.79. The Balaban J connectivity index is 1.58. The van der Waals surface area contributed by atoms with Gasteiger partial charge in [0, 0.05) is 26.7 Å². The molecule has 4 rings (SSSR count). The minimum Gasteiger partial charge on any atom is -0.267 e. The molecule has 0 aliphatic carbocycles. The van der Waals surface area contributed by atoms with Crippen LogP contribution in [-0.4, -0.2) is 22.7 Å². The number of hydrogen-bond acceptors (Lipinski definition) is 3. The summed E-state index contributed by atoms with van der Waals surface area (Å²) >= 11 is 11.9. The number of carbonyl (C=O) groups is 2. The molecule has 1 heterocycles. The maximum Gasteiger partial charge on any atom is 0.271 e. The number of halogens is 2. The summed E-state index contributed by atoms with van der Waals surface area (Å²) in [5.74, 6) is -0.314. The van der Waals surface area contributed by atoms with Crippen molar-refractivity contribution in [2.75, 3.05) is 0 Å². The molecule has 0 fully saturated rings. The lowest BCUT2D eigenvalue weighted by atomic mass is 10.1. The van der Waals surface area contributed by atoms with Crippen LogP contribution in [0.1, 0.15) is 31.8 Å². The number of nitrogens with zero attached hydrogens (tertiary/aromatic N) is 2. The second-order valence-electron chi connectivity index (χ2n) is 6.58. The summed E-state index contributed by atoms with van der Waals surface area (Å²) < 4.78 is 0. The van der Waals surface area contributed by atoms with Crippen LogP contribution in [0.25, 0.3) is 0 Å². The van der Waals surface area contributed by atoms with E-state index in [0.717, 1.165) is 11.1 Å². The molecule has 3 aromatic carbocycles. The molecule has 2 amide bonds. The first kappa shape index (κ1) is 19.9. The SMILES string of the molecule is O=C(N/N=C1/c2ccccc2CN1NC(=O)c1cccc(Cl)c1)c1cccc(Cl)c1. The normalized spacial score (nSPS) is 13.8. The van der Waals surface area contributed by atoms with Crippen molar-refractivity contribution in [1.29, 1.82) is 0 Å². The topological polar surface area (TPSA) is 73.8 Å². The molecule has 3 aromatic rings. The Hall–Kier alpha value is -3.35. The van der Waals surface area contributed by atoms with E-state index < -0.39 is 5.91 Å². The van der Waals surface area contributed by atoms with E-state index in [0.29, 0.717) is 33.6 Å². The van der Waals surface area contributed by atoms with E-state index in [1.165, 1.54) is 0 Å². The number of amides is 2. The molecule has 0 atom stereocenters. The lowest BCUT2D eigenvalue weighted by molar-refractivity contribution is 0.0869. The van der Waals surface area contributed by atoms with E-state index in [2.05, 4.69) is 16.0 Å². The highest BCUT2D eigenvalue weighted by Crippen LogP contribution is 2.22. The van der Waals surface area contributed by atoms with Gasteiger partial charge in [0.25, 0.3) is 11.8 Å². The highest BCUT2D eigenvalue weighted by atomic mass is 35.5. The fraction of sp³-hybridized carbons (Fsp3) is 0.0455. The summed E-state index contributed by atoms with van der Waals surface area (Å²) in [6, 6.07) is 20.8. The number of rotatable bonds is 4. The smallest absolute Gasteiger partial charge is 0.267 e. The third-order valence-corrected chi connectivity index (χ3v) is 4.99. The average Bonchev–Trinajstić information content (AvgIpc) is 3.09. The van der Waals surface area contributed by atoms with E-state index >= 15 is 0 Å². The Kier molecular flexibility index (Phi) is 5.70. The number of hydrazine groups is 1. The van der Waals surface area contributed by atoms with Gasteiger partial charge in [-0.2, -0.15) is 5.10 Å². The number of hydrogen-bond donors (Lipinski definition) is 2. The van der Waals surface area contributed by atoms with Crippen molar-refractivity contribution in [2.45, 2.75) is 6.54 Å². The Morgan fingerprint density at radius 3 is 2.13 bits per heavy atom. The number of hydrazone groups is 1. The van der Waals surface area contributed by atoms with Gasteiger partial charge in [0.1, 0.15) is 0 Å². The van der Waals surface area contributed by atoms with Gasteiger partial charge >= 0.3 is 0 Å². The second kappa shape index (κ2) is 8.57. The molecule has 1 aliphatic heterocycles. The number of carbonyl (C=O) groups excluding carboxylic acids is 2. The van der Waals surface area contributed by atoms with Gasteiger partial charge in [-0.15, -0.1) is 0 Å². The fourth-order valence-electron chi connectivity index (χ4n) is 3.09. The zero-order chi connectivity index (χ0) is 21.1. The quantitative estimate of drug-likeness (QED) is 0.598. The van der Waals surface area contributed by atoms with E-state index in [4.69, 9.17) is 23.2 Å². The fourth-order valence-corrected chi connectivity index (χ4v) is 3.48. The zero-order valence-electron chi connectivity index (χ0n) is 15.6. The lowest BCUT2D eigenvalue weighted by Gasteiger charge is -2.20. The van der Waals surface area contributed by atoms with Crippen molar-refractivity contribution in [3.63, 3.8) is 0 Å². The molecular weight excluding hydrogens is 423 g/mol. The molecule has 150 valence electrons. The Labute approximate surface area is 183 Å². The van der Waals surface area contributed by atoms with Gasteiger partial charge in [-0.25, -0.2) is 5.43 Å². The van der Waals surface area contributed by atoms with Crippen molar-refractivity contribution >= 4 is 40.9 Å². The van der Waals surface area contributed by atoms with Gasteiger partial charge in [-0.3, -0.25) is 20.0 Å². The molecule has 0 saturated carbocycles. The minimum atomic E-state index is -0.407. The Morgan fingerprint density at radius 1 is 0.833 bits per heavy atom. The summed E-state index contributed by atoms with van der Waals surface area (Å²) in [6.07, 6.45) is 0. The summed E-state index contributed by atoms with van der Waals surface area (Å²) in [5.41, 5.74) is 7.95. The maximum atomic E-state index is 12.7. The van der Waals surface area contributed by atoms with Crippen molar-refractivity contribution in [1.82, 2.24) is 15.9 Å². The van der Waals surface area contributed by atoms with Crippen LogP contribution >= 0.6 is 23.2 Å². The first-order chi connectivity index (χ1) is 14.5. The number of nitrogens with one attached hydrogen (secondary N) is 2. The number of fused-ring (bicyclic) bond motifs is 1. The van der Waals surface area contributed by atoms with Crippen molar-refractivity contribution in [3.8, 4) is 0 Å². The molecule has 0 saturated heterocycles. The van der Waals surface area contributed by atoms with Crippen molar-refractivity contribution in [3.05, 3.63) is 105 Å². The lowest BCUT2D eigenvalue weighted by Crippen LogP contribution is -2.43. The van der Waals surface area contributed by atoms with E-state index in [9.17, 15) is 9.59 Å². The average molecular weight is 439 g/mol. The molecule has 0 radical (unpaired) electrons. The molecule has 8 heteroatoms. The van der Waals surface area contributed by atoms with Gasteiger partial charge in [0.05, 0.1) is 6.54 Å². The second-order valence-corrected chi connectivity index (χ2v) is 7.45. The van der Waals surface area contributed by atoms with Crippen LogP contribution in [0.2, 0.25) is 10.0 Å². The van der Waals surface area contributed by atoms with Crippen LogP contribution in [0.5, 0.6) is 0 Å². The minimum absolute atomic E-state index is 0.334. The van der Waals surface area contributed by atoms with E-state index in [-0.39, 0.29) is 5.91 Å². The number of benzene rings is 3. The van der Waals surface area contributed by atoms with E-state index in [1.807, 2.05) is 24.3 Å². The van der Waals surface area contributed by atoms with Gasteiger partial charge < -0.3 is 0 Å². The van der Waals surface area contributed by atoms with Gasteiger partial charge in [-0.1, -0.05) is 59.6 Å². The third-order valence-electron chi connectivity index (χ3n) is 4.52. The molecule has 0 unspecified atom stereocenters. The summed E-state index contributed by atoms with van der Waals surface area (Å²) in [7, 11) is 0.